The quantitative estimate of drug-likeness (QED) is 0.574. The summed E-state index contributed by atoms with van der Waals surface area (Å²) in [5.41, 5.74) is 0. The molecule has 2 aliphatic rings. The molecule has 0 aromatic heterocycles. The fourth-order valence-electron chi connectivity index (χ4n) is 2.18. The Labute approximate surface area is 67.9 Å². The molecule has 0 spiro atoms. The summed E-state index contributed by atoms with van der Waals surface area (Å²) >= 11 is 0. The van der Waals surface area contributed by atoms with E-state index in [1.54, 1.807) is 0 Å². The van der Waals surface area contributed by atoms with Crippen LogP contribution in [0.25, 0.3) is 0 Å². The van der Waals surface area contributed by atoms with Crippen molar-refractivity contribution < 1.29 is 9.47 Å². The van der Waals surface area contributed by atoms with E-state index in [9.17, 15) is 0 Å². The molecule has 11 heavy (non-hydrogen) atoms. The fraction of sp³-hybridized carbons (Fsp3) is 1.00. The van der Waals surface area contributed by atoms with Gasteiger partial charge in [-0.25, -0.2) is 0 Å². The molecule has 0 aromatic carbocycles. The first-order chi connectivity index (χ1) is 5.38. The second kappa shape index (κ2) is 3.11. The maximum absolute atomic E-state index is 5.63. The number of hydrogen-bond acceptors (Lipinski definition) is 2. The zero-order valence-electron chi connectivity index (χ0n) is 7.08. The molecule has 0 saturated carbocycles. The lowest BCUT2D eigenvalue weighted by Crippen LogP contribution is -2.25. The van der Waals surface area contributed by atoms with Gasteiger partial charge in [-0.1, -0.05) is 0 Å². The van der Waals surface area contributed by atoms with Gasteiger partial charge in [0.2, 0.25) is 0 Å². The van der Waals surface area contributed by atoms with Gasteiger partial charge in [0.05, 0.1) is 12.2 Å². The predicted octanol–water partition coefficient (Wildman–Crippen LogP) is 1.59. The van der Waals surface area contributed by atoms with Crippen molar-refractivity contribution in [1.82, 2.24) is 0 Å². The summed E-state index contributed by atoms with van der Waals surface area (Å²) in [6.07, 6.45) is 4.63. The average Bonchev–Trinajstić information content (AvgIpc) is 2.55. The lowest BCUT2D eigenvalue weighted by molar-refractivity contribution is 0.0234. The van der Waals surface area contributed by atoms with E-state index in [0.29, 0.717) is 18.1 Å². The standard InChI is InChI=1S/C9H16O2/c1-7-8(4-6-10-7)9-3-2-5-11-9/h7-9H,2-6H2,1H3. The van der Waals surface area contributed by atoms with Crippen molar-refractivity contribution in [3.8, 4) is 0 Å². The van der Waals surface area contributed by atoms with Crippen LogP contribution < -0.4 is 0 Å². The number of hydrogen-bond donors (Lipinski definition) is 0. The summed E-state index contributed by atoms with van der Waals surface area (Å²) in [5.74, 6) is 0.678. The smallest absolute Gasteiger partial charge is 0.0629 e. The highest BCUT2D eigenvalue weighted by Crippen LogP contribution is 2.30. The van der Waals surface area contributed by atoms with Crippen molar-refractivity contribution in [2.24, 2.45) is 5.92 Å². The summed E-state index contributed by atoms with van der Waals surface area (Å²) in [4.78, 5) is 0. The van der Waals surface area contributed by atoms with Crippen molar-refractivity contribution in [3.63, 3.8) is 0 Å². The van der Waals surface area contributed by atoms with Gasteiger partial charge in [-0.05, 0) is 26.2 Å². The zero-order valence-corrected chi connectivity index (χ0v) is 7.08. The Kier molecular flexibility index (Phi) is 2.14. The Morgan fingerprint density at radius 2 is 2.00 bits per heavy atom. The van der Waals surface area contributed by atoms with Gasteiger partial charge in [-0.3, -0.25) is 0 Å². The largest absolute Gasteiger partial charge is 0.378 e. The highest BCUT2D eigenvalue weighted by atomic mass is 16.5. The Hall–Kier alpha value is -0.0800. The molecule has 2 heteroatoms. The molecule has 64 valence electrons. The minimum atomic E-state index is 0.429. The minimum absolute atomic E-state index is 0.429. The van der Waals surface area contributed by atoms with Crippen molar-refractivity contribution in [1.29, 1.82) is 0 Å². The first kappa shape index (κ1) is 7.56. The van der Waals surface area contributed by atoms with Crippen LogP contribution >= 0.6 is 0 Å². The van der Waals surface area contributed by atoms with E-state index in [0.717, 1.165) is 13.2 Å². The van der Waals surface area contributed by atoms with Gasteiger partial charge < -0.3 is 9.47 Å². The van der Waals surface area contributed by atoms with Gasteiger partial charge in [-0.15, -0.1) is 0 Å². The van der Waals surface area contributed by atoms with Crippen LogP contribution in [0, 0.1) is 5.92 Å². The molecule has 2 aliphatic heterocycles. The molecule has 0 N–H and O–H groups in total. The molecule has 0 aromatic rings. The van der Waals surface area contributed by atoms with E-state index in [2.05, 4.69) is 6.92 Å². The van der Waals surface area contributed by atoms with Gasteiger partial charge in [0, 0.05) is 19.1 Å². The van der Waals surface area contributed by atoms with Crippen LogP contribution in [0.4, 0.5) is 0 Å². The zero-order chi connectivity index (χ0) is 7.68. The predicted molar refractivity (Wildman–Crippen MR) is 42.5 cm³/mol. The lowest BCUT2D eigenvalue weighted by atomic mass is 9.94. The van der Waals surface area contributed by atoms with E-state index in [1.165, 1.54) is 19.3 Å². The second-order valence-electron chi connectivity index (χ2n) is 3.58. The third-order valence-electron chi connectivity index (χ3n) is 2.88. The Balaban J connectivity index is 1.92. The SMILES string of the molecule is CC1OCCC1C1CCCO1. The van der Waals surface area contributed by atoms with Crippen molar-refractivity contribution in [3.05, 3.63) is 0 Å². The summed E-state index contributed by atoms with van der Waals surface area (Å²) in [6, 6.07) is 0. The van der Waals surface area contributed by atoms with Crippen LogP contribution in [0.2, 0.25) is 0 Å². The first-order valence-corrected chi connectivity index (χ1v) is 4.61. The average molecular weight is 156 g/mol. The Morgan fingerprint density at radius 1 is 1.09 bits per heavy atom. The summed E-state index contributed by atoms with van der Waals surface area (Å²) in [6.45, 7) is 4.07. The molecule has 0 aliphatic carbocycles. The molecule has 2 fully saturated rings. The van der Waals surface area contributed by atoms with Crippen LogP contribution in [0.1, 0.15) is 26.2 Å². The third kappa shape index (κ3) is 1.42. The van der Waals surface area contributed by atoms with E-state index in [4.69, 9.17) is 9.47 Å². The van der Waals surface area contributed by atoms with Gasteiger partial charge in [0.15, 0.2) is 0 Å². The Bertz CT molecular complexity index is 130. The van der Waals surface area contributed by atoms with E-state index in [-0.39, 0.29) is 0 Å². The lowest BCUT2D eigenvalue weighted by Gasteiger charge is -2.20. The minimum Gasteiger partial charge on any atom is -0.378 e. The Morgan fingerprint density at radius 3 is 2.55 bits per heavy atom. The normalized spacial score (nSPS) is 45.0. The van der Waals surface area contributed by atoms with Gasteiger partial charge in [-0.2, -0.15) is 0 Å². The van der Waals surface area contributed by atoms with E-state index in [1.807, 2.05) is 0 Å². The molecular formula is C9H16O2. The highest BCUT2D eigenvalue weighted by molar-refractivity contribution is 4.82. The van der Waals surface area contributed by atoms with Gasteiger partial charge in [0.25, 0.3) is 0 Å². The van der Waals surface area contributed by atoms with Crippen LogP contribution in [0.15, 0.2) is 0 Å². The van der Waals surface area contributed by atoms with E-state index >= 15 is 0 Å². The maximum atomic E-state index is 5.63. The third-order valence-corrected chi connectivity index (χ3v) is 2.88. The molecule has 2 heterocycles. The molecule has 2 rings (SSSR count). The second-order valence-corrected chi connectivity index (χ2v) is 3.58. The fourth-order valence-corrected chi connectivity index (χ4v) is 2.18. The summed E-state index contributed by atoms with van der Waals surface area (Å²) < 4.78 is 11.1. The van der Waals surface area contributed by atoms with Crippen LogP contribution in [-0.4, -0.2) is 25.4 Å². The number of ether oxygens (including phenoxy) is 2. The monoisotopic (exact) mass is 156 g/mol. The molecule has 3 atom stereocenters. The molecule has 2 saturated heterocycles. The number of rotatable bonds is 1. The molecule has 0 bridgehead atoms. The van der Waals surface area contributed by atoms with Crippen LogP contribution in [0.5, 0.6) is 0 Å². The summed E-state index contributed by atoms with van der Waals surface area (Å²) in [5, 5.41) is 0. The maximum Gasteiger partial charge on any atom is 0.0629 e. The van der Waals surface area contributed by atoms with Gasteiger partial charge >= 0.3 is 0 Å². The van der Waals surface area contributed by atoms with Gasteiger partial charge in [0.1, 0.15) is 0 Å². The van der Waals surface area contributed by atoms with Crippen molar-refractivity contribution >= 4 is 0 Å². The first-order valence-electron chi connectivity index (χ1n) is 4.61. The molecule has 2 nitrogen and oxygen atoms in total. The van der Waals surface area contributed by atoms with Crippen molar-refractivity contribution in [2.75, 3.05) is 13.2 Å². The molecule has 0 radical (unpaired) electrons. The molecule has 3 unspecified atom stereocenters. The van der Waals surface area contributed by atoms with Crippen LogP contribution in [0.3, 0.4) is 0 Å². The topological polar surface area (TPSA) is 18.5 Å². The van der Waals surface area contributed by atoms with E-state index < -0.39 is 0 Å². The highest BCUT2D eigenvalue weighted by Gasteiger charge is 2.34. The molecule has 0 amide bonds. The van der Waals surface area contributed by atoms with Crippen molar-refractivity contribution in [2.45, 2.75) is 38.4 Å². The summed E-state index contributed by atoms with van der Waals surface area (Å²) in [7, 11) is 0. The molecular weight excluding hydrogens is 140 g/mol. The van der Waals surface area contributed by atoms with Crippen LogP contribution in [-0.2, 0) is 9.47 Å².